The quantitative estimate of drug-likeness (QED) is 0.869. The van der Waals surface area contributed by atoms with Crippen LogP contribution in [0.2, 0.25) is 5.02 Å². The number of hydrogen-bond acceptors (Lipinski definition) is 2. The molecule has 102 valence electrons. The lowest BCUT2D eigenvalue weighted by atomic mass is 9.73. The lowest BCUT2D eigenvalue weighted by Crippen LogP contribution is -2.44. The number of carbonyl (C=O) groups is 2. The van der Waals surface area contributed by atoms with Gasteiger partial charge in [-0.1, -0.05) is 29.8 Å². The molecular weight excluding hydrogens is 266 g/mol. The van der Waals surface area contributed by atoms with Crippen molar-refractivity contribution in [1.82, 2.24) is 5.32 Å². The van der Waals surface area contributed by atoms with E-state index < -0.39 is 11.9 Å². The van der Waals surface area contributed by atoms with Gasteiger partial charge in [-0.15, -0.1) is 0 Å². The summed E-state index contributed by atoms with van der Waals surface area (Å²) in [6, 6.07) is 7.48. The van der Waals surface area contributed by atoms with Crippen LogP contribution in [0.15, 0.2) is 24.3 Å². The molecule has 1 fully saturated rings. The van der Waals surface area contributed by atoms with Gasteiger partial charge in [-0.3, -0.25) is 9.59 Å². The van der Waals surface area contributed by atoms with Crippen LogP contribution >= 0.6 is 11.6 Å². The zero-order chi connectivity index (χ0) is 13.8. The first-order valence-corrected chi connectivity index (χ1v) is 6.71. The fraction of sp³-hybridized carbons (Fsp3) is 0.429. The third kappa shape index (κ3) is 3.26. The van der Waals surface area contributed by atoms with E-state index in [0.29, 0.717) is 30.8 Å². The van der Waals surface area contributed by atoms with Gasteiger partial charge in [0.05, 0.1) is 11.8 Å². The Bertz CT molecular complexity index is 489. The predicted molar refractivity (Wildman–Crippen MR) is 72.0 cm³/mol. The zero-order valence-electron chi connectivity index (χ0n) is 10.4. The van der Waals surface area contributed by atoms with Gasteiger partial charge in [0.1, 0.15) is 0 Å². The highest BCUT2D eigenvalue weighted by Gasteiger charge is 2.41. The minimum absolute atomic E-state index is 0.161. The summed E-state index contributed by atoms with van der Waals surface area (Å²) in [6.07, 6.45) is 1.91. The summed E-state index contributed by atoms with van der Waals surface area (Å²) >= 11 is 6.01. The maximum Gasteiger partial charge on any atom is 0.307 e. The lowest BCUT2D eigenvalue weighted by Gasteiger charge is -2.31. The largest absolute Gasteiger partial charge is 0.481 e. The topological polar surface area (TPSA) is 66.4 Å². The molecule has 1 aromatic rings. The Morgan fingerprint density at radius 3 is 2.53 bits per heavy atom. The molecule has 1 aliphatic carbocycles. The molecule has 0 bridgehead atoms. The van der Waals surface area contributed by atoms with E-state index in [1.807, 2.05) is 24.3 Å². The van der Waals surface area contributed by atoms with Crippen molar-refractivity contribution in [3.05, 3.63) is 34.9 Å². The van der Waals surface area contributed by atoms with Gasteiger partial charge in [0.25, 0.3) is 0 Å². The Labute approximate surface area is 116 Å². The summed E-state index contributed by atoms with van der Waals surface area (Å²) in [6.45, 7) is 0.478. The molecule has 2 rings (SSSR count). The van der Waals surface area contributed by atoms with Crippen LogP contribution in [-0.4, -0.2) is 23.5 Å². The summed E-state index contributed by atoms with van der Waals surface area (Å²) in [5.41, 5.74) is 0.980. The second kappa shape index (κ2) is 6.06. The number of rotatable bonds is 5. The predicted octanol–water partition coefficient (Wildman–Crippen LogP) is 2.11. The number of carbonyl (C=O) groups excluding carboxylic acids is 1. The van der Waals surface area contributed by atoms with E-state index in [-0.39, 0.29) is 11.8 Å². The molecule has 1 aromatic carbocycles. The van der Waals surface area contributed by atoms with Crippen LogP contribution in [0.3, 0.4) is 0 Å². The molecule has 0 aliphatic heterocycles. The van der Waals surface area contributed by atoms with Crippen molar-refractivity contribution in [1.29, 1.82) is 0 Å². The van der Waals surface area contributed by atoms with Gasteiger partial charge in [-0.25, -0.2) is 0 Å². The molecule has 5 heteroatoms. The van der Waals surface area contributed by atoms with Crippen molar-refractivity contribution >= 4 is 23.5 Å². The highest BCUT2D eigenvalue weighted by Crippen LogP contribution is 2.34. The van der Waals surface area contributed by atoms with Gasteiger partial charge in [-0.05, 0) is 30.9 Å². The van der Waals surface area contributed by atoms with E-state index in [1.165, 1.54) is 0 Å². The van der Waals surface area contributed by atoms with E-state index in [4.69, 9.17) is 16.7 Å². The first-order valence-electron chi connectivity index (χ1n) is 6.33. The molecule has 1 amide bonds. The number of carboxylic acid groups (broad SMARTS) is 1. The Morgan fingerprint density at radius 2 is 1.95 bits per heavy atom. The monoisotopic (exact) mass is 281 g/mol. The summed E-state index contributed by atoms with van der Waals surface area (Å²) in [5.74, 6) is -1.92. The Kier molecular flexibility index (Phi) is 4.43. The molecule has 2 unspecified atom stereocenters. The maximum absolute atomic E-state index is 11.8. The maximum atomic E-state index is 11.8. The van der Waals surface area contributed by atoms with Gasteiger partial charge >= 0.3 is 5.97 Å². The van der Waals surface area contributed by atoms with Crippen molar-refractivity contribution in [3.8, 4) is 0 Å². The summed E-state index contributed by atoms with van der Waals surface area (Å²) in [5, 5.41) is 12.4. The van der Waals surface area contributed by atoms with Crippen molar-refractivity contribution in [2.75, 3.05) is 6.54 Å². The third-order valence-electron chi connectivity index (χ3n) is 3.58. The highest BCUT2D eigenvalue weighted by atomic mass is 35.5. The molecular formula is C14H16ClNO3. The molecule has 0 radical (unpaired) electrons. The van der Waals surface area contributed by atoms with Crippen molar-refractivity contribution in [2.45, 2.75) is 19.3 Å². The SMILES string of the molecule is O=C(O)C1CCC1C(=O)NCCc1ccccc1Cl. The number of carboxylic acids is 1. The van der Waals surface area contributed by atoms with Crippen LogP contribution in [-0.2, 0) is 16.0 Å². The van der Waals surface area contributed by atoms with Gasteiger partial charge in [-0.2, -0.15) is 0 Å². The van der Waals surface area contributed by atoms with Gasteiger partial charge in [0, 0.05) is 11.6 Å². The van der Waals surface area contributed by atoms with Gasteiger partial charge in [0.15, 0.2) is 0 Å². The molecule has 0 spiro atoms. The third-order valence-corrected chi connectivity index (χ3v) is 3.95. The van der Waals surface area contributed by atoms with Crippen LogP contribution in [0.4, 0.5) is 0 Å². The van der Waals surface area contributed by atoms with Crippen molar-refractivity contribution in [3.63, 3.8) is 0 Å². The first kappa shape index (κ1) is 13.9. The second-order valence-corrected chi connectivity index (χ2v) is 5.17. The van der Waals surface area contributed by atoms with E-state index in [2.05, 4.69) is 5.32 Å². The Morgan fingerprint density at radius 1 is 1.26 bits per heavy atom. The van der Waals surface area contributed by atoms with Crippen LogP contribution in [0.1, 0.15) is 18.4 Å². The van der Waals surface area contributed by atoms with E-state index in [9.17, 15) is 9.59 Å². The number of aliphatic carboxylic acids is 1. The van der Waals surface area contributed by atoms with Crippen molar-refractivity contribution < 1.29 is 14.7 Å². The summed E-state index contributed by atoms with van der Waals surface area (Å²) in [7, 11) is 0. The van der Waals surface area contributed by atoms with Crippen LogP contribution < -0.4 is 5.32 Å². The van der Waals surface area contributed by atoms with E-state index >= 15 is 0 Å². The van der Waals surface area contributed by atoms with Crippen LogP contribution in [0.5, 0.6) is 0 Å². The van der Waals surface area contributed by atoms with Crippen molar-refractivity contribution in [2.24, 2.45) is 11.8 Å². The number of amides is 1. The van der Waals surface area contributed by atoms with Gasteiger partial charge < -0.3 is 10.4 Å². The van der Waals surface area contributed by atoms with Crippen LogP contribution in [0, 0.1) is 11.8 Å². The smallest absolute Gasteiger partial charge is 0.307 e. The number of hydrogen-bond donors (Lipinski definition) is 2. The second-order valence-electron chi connectivity index (χ2n) is 4.76. The number of halogens is 1. The molecule has 2 atom stereocenters. The molecule has 0 aromatic heterocycles. The minimum Gasteiger partial charge on any atom is -0.481 e. The zero-order valence-corrected chi connectivity index (χ0v) is 11.2. The fourth-order valence-corrected chi connectivity index (χ4v) is 2.49. The number of benzene rings is 1. The highest BCUT2D eigenvalue weighted by molar-refractivity contribution is 6.31. The molecule has 1 aliphatic rings. The Hall–Kier alpha value is -1.55. The molecule has 19 heavy (non-hydrogen) atoms. The van der Waals surface area contributed by atoms with Crippen LogP contribution in [0.25, 0.3) is 0 Å². The minimum atomic E-state index is -0.877. The molecule has 2 N–H and O–H groups in total. The fourth-order valence-electron chi connectivity index (χ4n) is 2.26. The lowest BCUT2D eigenvalue weighted by molar-refractivity contribution is -0.152. The molecule has 4 nitrogen and oxygen atoms in total. The molecule has 0 saturated heterocycles. The number of nitrogens with one attached hydrogen (secondary N) is 1. The average Bonchev–Trinajstić information content (AvgIpc) is 2.29. The average molecular weight is 282 g/mol. The van der Waals surface area contributed by atoms with Gasteiger partial charge in [0.2, 0.25) is 5.91 Å². The normalized spacial score (nSPS) is 21.5. The summed E-state index contributed by atoms with van der Waals surface area (Å²) < 4.78 is 0. The standard InChI is InChI=1S/C14H16ClNO3/c15-12-4-2-1-3-9(12)7-8-16-13(17)10-5-6-11(10)14(18)19/h1-4,10-11H,5-8H2,(H,16,17)(H,18,19). The molecule has 1 saturated carbocycles. The summed E-state index contributed by atoms with van der Waals surface area (Å²) in [4.78, 5) is 22.6. The van der Waals surface area contributed by atoms with E-state index in [1.54, 1.807) is 0 Å². The first-order chi connectivity index (χ1) is 9.09. The Balaban J connectivity index is 1.79. The van der Waals surface area contributed by atoms with E-state index in [0.717, 1.165) is 5.56 Å². The molecule has 0 heterocycles.